The molecule has 0 aliphatic rings. The smallest absolute Gasteiger partial charge is 0.190 e. The molecular formula is C19H22ClN3O3S. The fraction of sp³-hybridized carbons (Fsp3) is 0.368. The number of pyridine rings is 1. The van der Waals surface area contributed by atoms with E-state index in [1.807, 2.05) is 26.2 Å². The van der Waals surface area contributed by atoms with Gasteiger partial charge in [-0.15, -0.1) is 11.3 Å². The average molecular weight is 408 g/mol. The van der Waals surface area contributed by atoms with Crippen molar-refractivity contribution in [1.82, 2.24) is 9.97 Å². The first kappa shape index (κ1) is 19.7. The van der Waals surface area contributed by atoms with Gasteiger partial charge in [-0.05, 0) is 32.9 Å². The molecule has 2 heterocycles. The molecule has 1 atom stereocenters. The van der Waals surface area contributed by atoms with E-state index in [-0.39, 0.29) is 17.6 Å². The molecule has 0 aliphatic heterocycles. The first-order valence-electron chi connectivity index (χ1n) is 8.62. The van der Waals surface area contributed by atoms with E-state index in [9.17, 15) is 4.79 Å². The minimum absolute atomic E-state index is 0.0657. The summed E-state index contributed by atoms with van der Waals surface area (Å²) in [6, 6.07) is 5.24. The molecule has 1 aromatic carbocycles. The summed E-state index contributed by atoms with van der Waals surface area (Å²) in [6.45, 7) is 6.36. The Labute approximate surface area is 166 Å². The van der Waals surface area contributed by atoms with E-state index >= 15 is 0 Å². The lowest BCUT2D eigenvalue weighted by atomic mass is 10.1. The van der Waals surface area contributed by atoms with E-state index in [4.69, 9.17) is 21.1 Å². The Balaban J connectivity index is 1.99. The molecule has 27 heavy (non-hydrogen) atoms. The Hall–Kier alpha value is -2.09. The van der Waals surface area contributed by atoms with Crippen molar-refractivity contribution in [1.29, 1.82) is 0 Å². The first-order chi connectivity index (χ1) is 12.9. The highest BCUT2D eigenvalue weighted by atomic mass is 35.5. The minimum Gasteiger partial charge on any atom is -0.489 e. The Bertz CT molecular complexity index is 1000. The van der Waals surface area contributed by atoms with Crippen molar-refractivity contribution in [2.45, 2.75) is 32.9 Å². The van der Waals surface area contributed by atoms with Crippen LogP contribution in [0.5, 0.6) is 5.75 Å². The van der Waals surface area contributed by atoms with Gasteiger partial charge in [0.15, 0.2) is 10.6 Å². The van der Waals surface area contributed by atoms with Gasteiger partial charge in [-0.1, -0.05) is 11.6 Å². The van der Waals surface area contributed by atoms with Crippen LogP contribution in [0.2, 0.25) is 5.02 Å². The topological polar surface area (TPSA) is 76.2 Å². The Morgan fingerprint density at radius 1 is 1.33 bits per heavy atom. The van der Waals surface area contributed by atoms with Crippen molar-refractivity contribution in [3.8, 4) is 17.1 Å². The third-order valence-corrected chi connectivity index (χ3v) is 5.12. The number of rotatable bonds is 7. The first-order valence-corrected chi connectivity index (χ1v) is 9.88. The molecule has 1 unspecified atom stereocenters. The summed E-state index contributed by atoms with van der Waals surface area (Å²) >= 11 is 8.00. The molecule has 8 heteroatoms. The van der Waals surface area contributed by atoms with Gasteiger partial charge in [0.25, 0.3) is 0 Å². The monoisotopic (exact) mass is 407 g/mol. The van der Waals surface area contributed by atoms with Gasteiger partial charge in [0.05, 0.1) is 23.0 Å². The van der Waals surface area contributed by atoms with Gasteiger partial charge in [0, 0.05) is 30.0 Å². The van der Waals surface area contributed by atoms with Crippen molar-refractivity contribution < 1.29 is 9.47 Å². The van der Waals surface area contributed by atoms with Crippen LogP contribution in [0.4, 0.5) is 5.13 Å². The summed E-state index contributed by atoms with van der Waals surface area (Å²) in [6.07, 6.45) is -0.0657. The number of fused-ring (bicyclic) bond motifs is 1. The zero-order valence-electron chi connectivity index (χ0n) is 15.6. The van der Waals surface area contributed by atoms with Crippen LogP contribution in [0.3, 0.4) is 0 Å². The molecule has 0 saturated heterocycles. The molecule has 3 rings (SSSR count). The lowest BCUT2D eigenvalue weighted by molar-refractivity contribution is 0.0717. The highest BCUT2D eigenvalue weighted by Gasteiger charge is 2.14. The number of halogens is 1. The van der Waals surface area contributed by atoms with Gasteiger partial charge in [-0.3, -0.25) is 4.79 Å². The second-order valence-corrected chi connectivity index (χ2v) is 7.78. The molecule has 0 aliphatic carbocycles. The van der Waals surface area contributed by atoms with E-state index in [1.165, 1.54) is 11.3 Å². The van der Waals surface area contributed by atoms with E-state index in [1.54, 1.807) is 25.3 Å². The Kier molecular flexibility index (Phi) is 6.04. The summed E-state index contributed by atoms with van der Waals surface area (Å²) in [5.41, 5.74) is 1.72. The number of hydrogen-bond donors (Lipinski definition) is 2. The maximum absolute atomic E-state index is 12.6. The van der Waals surface area contributed by atoms with Crippen molar-refractivity contribution in [3.05, 3.63) is 38.8 Å². The van der Waals surface area contributed by atoms with Crippen LogP contribution in [-0.4, -0.2) is 35.8 Å². The van der Waals surface area contributed by atoms with Gasteiger partial charge >= 0.3 is 0 Å². The normalized spacial score (nSPS) is 12.5. The van der Waals surface area contributed by atoms with Gasteiger partial charge in [-0.2, -0.15) is 0 Å². The van der Waals surface area contributed by atoms with E-state index in [0.717, 1.165) is 5.13 Å². The number of methoxy groups -OCH3 is 1. The van der Waals surface area contributed by atoms with Crippen LogP contribution >= 0.6 is 22.9 Å². The van der Waals surface area contributed by atoms with Gasteiger partial charge in [-0.25, -0.2) is 4.98 Å². The number of ether oxygens (including phenoxy) is 2. The number of nitrogens with one attached hydrogen (secondary N) is 2. The molecule has 0 fully saturated rings. The number of H-pyrrole nitrogens is 1. The summed E-state index contributed by atoms with van der Waals surface area (Å²) in [4.78, 5) is 20.3. The van der Waals surface area contributed by atoms with Crippen molar-refractivity contribution in [2.24, 2.45) is 0 Å². The second kappa shape index (κ2) is 8.29. The molecule has 2 aromatic heterocycles. The van der Waals surface area contributed by atoms with Gasteiger partial charge < -0.3 is 19.8 Å². The fourth-order valence-corrected chi connectivity index (χ4v) is 3.62. The second-order valence-electron chi connectivity index (χ2n) is 6.54. The molecule has 0 saturated carbocycles. The highest BCUT2D eigenvalue weighted by Crippen LogP contribution is 2.32. The maximum atomic E-state index is 12.6. The predicted octanol–water partition coefficient (Wildman–Crippen LogP) is 4.54. The maximum Gasteiger partial charge on any atom is 0.190 e. The van der Waals surface area contributed by atoms with Crippen LogP contribution in [0.1, 0.15) is 20.8 Å². The third-order valence-electron chi connectivity index (χ3n) is 3.98. The molecule has 0 amide bonds. The Morgan fingerprint density at radius 2 is 2.11 bits per heavy atom. The number of anilines is 1. The van der Waals surface area contributed by atoms with Crippen LogP contribution < -0.4 is 15.5 Å². The zero-order valence-corrected chi connectivity index (χ0v) is 17.2. The summed E-state index contributed by atoms with van der Waals surface area (Å²) in [5.74, 6) is 0.501. The number of aromatic amines is 1. The third kappa shape index (κ3) is 4.43. The molecule has 3 aromatic rings. The Morgan fingerprint density at radius 3 is 2.81 bits per heavy atom. The largest absolute Gasteiger partial charge is 0.489 e. The van der Waals surface area contributed by atoms with Gasteiger partial charge in [0.2, 0.25) is 0 Å². The number of nitrogens with zero attached hydrogens (tertiary/aromatic N) is 1. The van der Waals surface area contributed by atoms with Crippen molar-refractivity contribution in [3.63, 3.8) is 0 Å². The lowest BCUT2D eigenvalue weighted by Gasteiger charge is -2.14. The lowest BCUT2D eigenvalue weighted by Crippen LogP contribution is -2.16. The van der Waals surface area contributed by atoms with Crippen LogP contribution in [0, 0.1) is 0 Å². The standard InChI is InChI=1S/C19H22ClN3O3S/c1-10(2)21-19-23-14(9-27-19)13-7-15(24)12-5-6-16(17(20)18(12)22-13)26-8-11(3)25-4/h5-7,9-11H,8H2,1-4H3,(H,21,23)(H,22,24). The molecule has 0 radical (unpaired) electrons. The van der Waals surface area contributed by atoms with Crippen LogP contribution in [0.25, 0.3) is 22.3 Å². The van der Waals surface area contributed by atoms with Crippen LogP contribution in [0.15, 0.2) is 28.4 Å². The molecular weight excluding hydrogens is 386 g/mol. The molecule has 2 N–H and O–H groups in total. The number of benzene rings is 1. The fourth-order valence-electron chi connectivity index (χ4n) is 2.50. The average Bonchev–Trinajstić information content (AvgIpc) is 3.09. The predicted molar refractivity (Wildman–Crippen MR) is 111 cm³/mol. The minimum atomic E-state index is -0.121. The van der Waals surface area contributed by atoms with Crippen molar-refractivity contribution in [2.75, 3.05) is 19.0 Å². The SMILES string of the molecule is COC(C)COc1ccc2c(=O)cc(-c3csc(NC(C)C)n3)[nH]c2c1Cl. The molecule has 6 nitrogen and oxygen atoms in total. The number of hydrogen-bond acceptors (Lipinski definition) is 6. The summed E-state index contributed by atoms with van der Waals surface area (Å²) in [5, 5.41) is 6.83. The molecule has 0 spiro atoms. The van der Waals surface area contributed by atoms with E-state index in [2.05, 4.69) is 15.3 Å². The number of aromatic nitrogens is 2. The molecule has 0 bridgehead atoms. The van der Waals surface area contributed by atoms with Crippen LogP contribution in [-0.2, 0) is 4.74 Å². The quantitative estimate of drug-likeness (QED) is 0.601. The molecule has 144 valence electrons. The van der Waals surface area contributed by atoms with Crippen molar-refractivity contribution >= 4 is 39.0 Å². The van der Waals surface area contributed by atoms with E-state index < -0.39 is 0 Å². The summed E-state index contributed by atoms with van der Waals surface area (Å²) < 4.78 is 10.9. The highest BCUT2D eigenvalue weighted by molar-refractivity contribution is 7.14. The van der Waals surface area contributed by atoms with E-state index in [0.29, 0.717) is 39.7 Å². The zero-order chi connectivity index (χ0) is 19.6. The summed E-state index contributed by atoms with van der Waals surface area (Å²) in [7, 11) is 1.62. The van der Waals surface area contributed by atoms with Gasteiger partial charge in [0.1, 0.15) is 17.4 Å². The number of thiazole rings is 1.